The predicted octanol–water partition coefficient (Wildman–Crippen LogP) is 4.51. The summed E-state index contributed by atoms with van der Waals surface area (Å²) < 4.78 is 0.791. The van der Waals surface area contributed by atoms with Crippen LogP contribution in [0.5, 0.6) is 0 Å². The van der Waals surface area contributed by atoms with Gasteiger partial charge in [0.15, 0.2) is 0 Å². The van der Waals surface area contributed by atoms with Gasteiger partial charge in [-0.25, -0.2) is 4.98 Å². The Morgan fingerprint density at radius 2 is 2.05 bits per heavy atom. The van der Waals surface area contributed by atoms with Crippen LogP contribution in [0.3, 0.4) is 0 Å². The lowest BCUT2D eigenvalue weighted by Crippen LogP contribution is -2.04. The molecule has 0 aliphatic rings. The zero-order valence-electron chi connectivity index (χ0n) is 10.0. The molecule has 0 bridgehead atoms. The second-order valence-corrected chi connectivity index (χ2v) is 5.44. The van der Waals surface area contributed by atoms with Crippen LogP contribution in [0.2, 0.25) is 10.3 Å². The molecule has 20 heavy (non-hydrogen) atoms. The number of aryl methyl sites for hydroxylation is 1. The second kappa shape index (κ2) is 5.90. The van der Waals surface area contributed by atoms with Crippen LogP contribution >= 0.6 is 39.1 Å². The number of hydrogen-bond acceptors (Lipinski definition) is 5. The average molecular weight is 378 g/mol. The molecule has 0 amide bonds. The highest BCUT2D eigenvalue weighted by Gasteiger charge is 2.22. The molecule has 1 N–H and O–H groups in total. The first-order chi connectivity index (χ1) is 9.38. The quantitative estimate of drug-likeness (QED) is 0.483. The molecule has 1 aromatic heterocycles. The van der Waals surface area contributed by atoms with E-state index < -0.39 is 4.92 Å². The molecule has 0 aliphatic heterocycles. The number of benzene rings is 1. The summed E-state index contributed by atoms with van der Waals surface area (Å²) in [5.41, 5.74) is 0.409. The van der Waals surface area contributed by atoms with Gasteiger partial charge in [0.1, 0.15) is 5.69 Å². The summed E-state index contributed by atoms with van der Waals surface area (Å²) >= 11 is 15.1. The average Bonchev–Trinajstić information content (AvgIpc) is 2.31. The predicted molar refractivity (Wildman–Crippen MR) is 80.9 cm³/mol. The topological polar surface area (TPSA) is 81.0 Å². The van der Waals surface area contributed by atoms with E-state index in [1.165, 1.54) is 6.92 Å². The van der Waals surface area contributed by atoms with Crippen molar-refractivity contribution in [2.24, 2.45) is 0 Å². The molecule has 2 aromatic rings. The standard InChI is InChI=1S/C11H7BrCl2N4O2/c1-5-9(18(19)20)10(17-11(14)15-5)16-8-3-2-6(12)4-7(8)13/h2-4H,1H3,(H,15,16,17). The Hall–Kier alpha value is -1.44. The van der Waals surface area contributed by atoms with E-state index in [0.717, 1.165) is 4.47 Å². The van der Waals surface area contributed by atoms with Gasteiger partial charge in [-0.2, -0.15) is 4.98 Å². The molecule has 0 fully saturated rings. The first-order valence-electron chi connectivity index (χ1n) is 5.29. The highest BCUT2D eigenvalue weighted by Crippen LogP contribution is 2.33. The summed E-state index contributed by atoms with van der Waals surface area (Å²) in [6, 6.07) is 5.07. The van der Waals surface area contributed by atoms with E-state index in [1.807, 2.05) is 0 Å². The molecule has 0 saturated carbocycles. The van der Waals surface area contributed by atoms with Gasteiger partial charge in [0.25, 0.3) is 0 Å². The highest BCUT2D eigenvalue weighted by molar-refractivity contribution is 9.10. The van der Waals surface area contributed by atoms with Crippen molar-refractivity contribution in [2.75, 3.05) is 5.32 Å². The summed E-state index contributed by atoms with van der Waals surface area (Å²) in [5, 5.41) is 14.2. The lowest BCUT2D eigenvalue weighted by Gasteiger charge is -2.09. The number of rotatable bonds is 3. The van der Waals surface area contributed by atoms with Crippen LogP contribution in [0.4, 0.5) is 17.2 Å². The van der Waals surface area contributed by atoms with E-state index in [9.17, 15) is 10.1 Å². The van der Waals surface area contributed by atoms with Gasteiger partial charge in [0, 0.05) is 4.47 Å². The van der Waals surface area contributed by atoms with E-state index in [0.29, 0.717) is 10.7 Å². The van der Waals surface area contributed by atoms with Crippen molar-refractivity contribution in [3.8, 4) is 0 Å². The zero-order chi connectivity index (χ0) is 14.9. The van der Waals surface area contributed by atoms with E-state index in [4.69, 9.17) is 23.2 Å². The van der Waals surface area contributed by atoms with Crippen molar-refractivity contribution in [1.82, 2.24) is 9.97 Å². The van der Waals surface area contributed by atoms with Crippen LogP contribution in [0.1, 0.15) is 5.69 Å². The highest BCUT2D eigenvalue weighted by atomic mass is 79.9. The van der Waals surface area contributed by atoms with E-state index in [2.05, 4.69) is 31.2 Å². The Morgan fingerprint density at radius 1 is 1.35 bits per heavy atom. The van der Waals surface area contributed by atoms with Gasteiger partial charge in [0.05, 0.1) is 15.6 Å². The molecule has 9 heteroatoms. The molecule has 0 aliphatic carbocycles. The molecule has 1 aromatic carbocycles. The van der Waals surface area contributed by atoms with E-state index in [1.54, 1.807) is 18.2 Å². The maximum Gasteiger partial charge on any atom is 0.332 e. The van der Waals surface area contributed by atoms with Crippen LogP contribution in [0, 0.1) is 17.0 Å². The summed E-state index contributed by atoms with van der Waals surface area (Å²) in [5.74, 6) is -0.00303. The Bertz CT molecular complexity index is 696. The lowest BCUT2D eigenvalue weighted by atomic mass is 10.3. The van der Waals surface area contributed by atoms with Crippen molar-refractivity contribution in [2.45, 2.75) is 6.92 Å². The Balaban J connectivity index is 2.50. The van der Waals surface area contributed by atoms with Crippen molar-refractivity contribution in [3.63, 3.8) is 0 Å². The maximum absolute atomic E-state index is 11.1. The van der Waals surface area contributed by atoms with Gasteiger partial charge in [-0.05, 0) is 36.7 Å². The number of hydrogen-bond donors (Lipinski definition) is 1. The number of aromatic nitrogens is 2. The number of halogens is 3. The van der Waals surface area contributed by atoms with Crippen LogP contribution in [-0.2, 0) is 0 Å². The first kappa shape index (κ1) is 15.0. The third-order valence-corrected chi connectivity index (χ3v) is 3.37. The van der Waals surface area contributed by atoms with Crippen molar-refractivity contribution in [1.29, 1.82) is 0 Å². The number of nitrogens with zero attached hydrogens (tertiary/aromatic N) is 3. The SMILES string of the molecule is Cc1nc(Cl)nc(Nc2ccc(Br)cc2Cl)c1[N+](=O)[O-]. The van der Waals surface area contributed by atoms with Crippen molar-refractivity contribution < 1.29 is 4.92 Å². The Labute approximate surface area is 132 Å². The number of anilines is 2. The van der Waals surface area contributed by atoms with Gasteiger partial charge >= 0.3 is 5.69 Å². The molecule has 0 radical (unpaired) electrons. The van der Waals surface area contributed by atoms with Gasteiger partial charge < -0.3 is 5.32 Å². The van der Waals surface area contributed by atoms with Gasteiger partial charge in [-0.1, -0.05) is 27.5 Å². The Morgan fingerprint density at radius 3 is 2.65 bits per heavy atom. The lowest BCUT2D eigenvalue weighted by molar-refractivity contribution is -0.385. The Kier molecular flexibility index (Phi) is 4.42. The van der Waals surface area contributed by atoms with Crippen LogP contribution in [-0.4, -0.2) is 14.9 Å². The fourth-order valence-corrected chi connectivity index (χ4v) is 2.49. The first-order valence-corrected chi connectivity index (χ1v) is 6.84. The third kappa shape index (κ3) is 3.17. The minimum absolute atomic E-state index is 0.00303. The van der Waals surface area contributed by atoms with Gasteiger partial charge in [-0.3, -0.25) is 10.1 Å². The van der Waals surface area contributed by atoms with E-state index >= 15 is 0 Å². The molecule has 6 nitrogen and oxygen atoms in total. The van der Waals surface area contributed by atoms with Crippen molar-refractivity contribution >= 4 is 56.3 Å². The normalized spacial score (nSPS) is 10.4. The molecule has 0 atom stereocenters. The molecule has 104 valence electrons. The number of nitro groups is 1. The molecule has 0 spiro atoms. The monoisotopic (exact) mass is 376 g/mol. The van der Waals surface area contributed by atoms with Crippen LogP contribution < -0.4 is 5.32 Å². The summed E-state index contributed by atoms with van der Waals surface area (Å²) in [6.07, 6.45) is 0. The molecular formula is C11H7BrCl2N4O2. The van der Waals surface area contributed by atoms with Gasteiger partial charge in [0.2, 0.25) is 11.1 Å². The van der Waals surface area contributed by atoms with Crippen LogP contribution in [0.25, 0.3) is 0 Å². The molecular weight excluding hydrogens is 371 g/mol. The van der Waals surface area contributed by atoms with E-state index in [-0.39, 0.29) is 22.5 Å². The summed E-state index contributed by atoms with van der Waals surface area (Å²) in [4.78, 5) is 18.1. The third-order valence-electron chi connectivity index (χ3n) is 2.40. The largest absolute Gasteiger partial charge is 0.333 e. The molecule has 0 saturated heterocycles. The minimum Gasteiger partial charge on any atom is -0.333 e. The zero-order valence-corrected chi connectivity index (χ0v) is 13.1. The fourth-order valence-electron chi connectivity index (χ4n) is 1.56. The smallest absolute Gasteiger partial charge is 0.332 e. The second-order valence-electron chi connectivity index (χ2n) is 3.78. The minimum atomic E-state index is -0.569. The summed E-state index contributed by atoms with van der Waals surface area (Å²) in [6.45, 7) is 1.49. The fraction of sp³-hybridized carbons (Fsp3) is 0.0909. The number of nitrogens with one attached hydrogen (secondary N) is 1. The molecule has 2 rings (SSSR count). The maximum atomic E-state index is 11.1. The summed E-state index contributed by atoms with van der Waals surface area (Å²) in [7, 11) is 0. The van der Waals surface area contributed by atoms with Crippen LogP contribution in [0.15, 0.2) is 22.7 Å². The van der Waals surface area contributed by atoms with Gasteiger partial charge in [-0.15, -0.1) is 0 Å². The van der Waals surface area contributed by atoms with Crippen molar-refractivity contribution in [3.05, 3.63) is 48.8 Å². The molecule has 1 heterocycles. The molecule has 0 unspecified atom stereocenters.